The first-order valence-corrected chi connectivity index (χ1v) is 10.2. The van der Waals surface area contributed by atoms with E-state index in [0.717, 1.165) is 34.2 Å². The average Bonchev–Trinajstić information content (AvgIpc) is 2.86. The zero-order chi connectivity index (χ0) is 13.5. The van der Waals surface area contributed by atoms with E-state index in [-0.39, 0.29) is 0 Å². The van der Waals surface area contributed by atoms with E-state index in [2.05, 4.69) is 11.8 Å². The SMILES string of the molecule is NC1CCC2C3CCCCC3SC2C1C1CCCCC1. The van der Waals surface area contributed by atoms with Crippen molar-refractivity contribution in [3.63, 3.8) is 0 Å². The van der Waals surface area contributed by atoms with Crippen LogP contribution < -0.4 is 5.73 Å². The summed E-state index contributed by atoms with van der Waals surface area (Å²) in [5.41, 5.74) is 6.64. The quantitative estimate of drug-likeness (QED) is 0.765. The molecule has 6 unspecified atom stereocenters. The number of fused-ring (bicyclic) bond motifs is 3. The first kappa shape index (κ1) is 13.9. The summed E-state index contributed by atoms with van der Waals surface area (Å²) in [5, 5.41) is 1.95. The lowest BCUT2D eigenvalue weighted by Crippen LogP contribution is -2.48. The Morgan fingerprint density at radius 2 is 1.45 bits per heavy atom. The van der Waals surface area contributed by atoms with Gasteiger partial charge in [-0.05, 0) is 49.4 Å². The van der Waals surface area contributed by atoms with Crippen LogP contribution in [-0.2, 0) is 0 Å². The highest BCUT2D eigenvalue weighted by Crippen LogP contribution is 2.58. The highest BCUT2D eigenvalue weighted by atomic mass is 32.2. The van der Waals surface area contributed by atoms with E-state index >= 15 is 0 Å². The van der Waals surface area contributed by atoms with Crippen LogP contribution in [0.3, 0.4) is 0 Å². The zero-order valence-electron chi connectivity index (χ0n) is 12.8. The minimum absolute atomic E-state index is 0.520. The van der Waals surface area contributed by atoms with Crippen LogP contribution in [0.15, 0.2) is 0 Å². The van der Waals surface area contributed by atoms with Crippen molar-refractivity contribution in [3.8, 4) is 0 Å². The predicted octanol–water partition coefficient (Wildman–Crippen LogP) is 4.59. The third-order valence-electron chi connectivity index (χ3n) is 6.96. The van der Waals surface area contributed by atoms with Crippen LogP contribution in [0, 0.1) is 23.7 Å². The lowest BCUT2D eigenvalue weighted by molar-refractivity contribution is 0.118. The van der Waals surface area contributed by atoms with Crippen LogP contribution in [0.1, 0.15) is 70.6 Å². The molecule has 4 fully saturated rings. The second kappa shape index (κ2) is 5.83. The second-order valence-corrected chi connectivity index (χ2v) is 9.39. The van der Waals surface area contributed by atoms with Crippen LogP contribution in [0.4, 0.5) is 0 Å². The van der Waals surface area contributed by atoms with Gasteiger partial charge in [0.15, 0.2) is 0 Å². The van der Waals surface area contributed by atoms with Crippen LogP contribution in [0.5, 0.6) is 0 Å². The summed E-state index contributed by atoms with van der Waals surface area (Å²) < 4.78 is 0. The molecule has 0 aromatic heterocycles. The van der Waals surface area contributed by atoms with E-state index in [1.165, 1.54) is 70.6 Å². The van der Waals surface area contributed by atoms with Gasteiger partial charge in [-0.3, -0.25) is 0 Å². The van der Waals surface area contributed by atoms with Gasteiger partial charge in [-0.15, -0.1) is 0 Å². The molecule has 4 aliphatic rings. The molecule has 0 radical (unpaired) electrons. The van der Waals surface area contributed by atoms with E-state index in [1.807, 2.05) is 0 Å². The second-order valence-electron chi connectivity index (χ2n) is 7.97. The molecule has 1 nitrogen and oxygen atoms in total. The fraction of sp³-hybridized carbons (Fsp3) is 1.00. The Labute approximate surface area is 128 Å². The largest absolute Gasteiger partial charge is 0.327 e. The van der Waals surface area contributed by atoms with Gasteiger partial charge in [0, 0.05) is 16.5 Å². The van der Waals surface area contributed by atoms with Gasteiger partial charge in [0.05, 0.1) is 0 Å². The molecular formula is C18H31NS. The third kappa shape index (κ3) is 2.35. The van der Waals surface area contributed by atoms with Crippen LogP contribution in [0.2, 0.25) is 0 Å². The highest BCUT2D eigenvalue weighted by Gasteiger charge is 2.52. The first-order chi connectivity index (χ1) is 9.84. The van der Waals surface area contributed by atoms with Crippen molar-refractivity contribution >= 4 is 11.8 Å². The number of hydrogen-bond acceptors (Lipinski definition) is 2. The molecule has 0 aromatic carbocycles. The van der Waals surface area contributed by atoms with Crippen LogP contribution in [0.25, 0.3) is 0 Å². The van der Waals surface area contributed by atoms with E-state index in [1.54, 1.807) is 0 Å². The molecule has 20 heavy (non-hydrogen) atoms. The summed E-state index contributed by atoms with van der Waals surface area (Å²) in [7, 11) is 0. The number of hydrogen-bond donors (Lipinski definition) is 1. The minimum Gasteiger partial charge on any atom is -0.327 e. The fourth-order valence-electron chi connectivity index (χ4n) is 6.04. The molecule has 1 saturated heterocycles. The normalized spacial score (nSPS) is 49.6. The molecule has 2 heteroatoms. The average molecular weight is 294 g/mol. The van der Waals surface area contributed by atoms with E-state index in [9.17, 15) is 0 Å². The van der Waals surface area contributed by atoms with Gasteiger partial charge in [0.2, 0.25) is 0 Å². The lowest BCUT2D eigenvalue weighted by atomic mass is 9.64. The number of rotatable bonds is 1. The molecule has 2 N–H and O–H groups in total. The topological polar surface area (TPSA) is 26.0 Å². The van der Waals surface area contributed by atoms with Crippen molar-refractivity contribution in [3.05, 3.63) is 0 Å². The van der Waals surface area contributed by atoms with Crippen LogP contribution >= 0.6 is 11.8 Å². The van der Waals surface area contributed by atoms with Crippen molar-refractivity contribution < 1.29 is 0 Å². The Balaban J connectivity index is 1.54. The van der Waals surface area contributed by atoms with Crippen molar-refractivity contribution in [1.29, 1.82) is 0 Å². The molecule has 0 bridgehead atoms. The summed E-state index contributed by atoms with van der Waals surface area (Å²) >= 11 is 2.40. The molecule has 0 aromatic rings. The molecule has 1 heterocycles. The zero-order valence-corrected chi connectivity index (χ0v) is 13.6. The summed E-state index contributed by atoms with van der Waals surface area (Å²) in [6.45, 7) is 0. The molecule has 3 saturated carbocycles. The van der Waals surface area contributed by atoms with Crippen molar-refractivity contribution in [2.24, 2.45) is 29.4 Å². The number of nitrogens with two attached hydrogens (primary N) is 1. The molecule has 0 amide bonds. The molecule has 114 valence electrons. The van der Waals surface area contributed by atoms with Gasteiger partial charge >= 0.3 is 0 Å². The van der Waals surface area contributed by atoms with Gasteiger partial charge in [0.25, 0.3) is 0 Å². The van der Waals surface area contributed by atoms with E-state index < -0.39 is 0 Å². The van der Waals surface area contributed by atoms with Crippen LogP contribution in [-0.4, -0.2) is 16.5 Å². The van der Waals surface area contributed by atoms with Gasteiger partial charge in [0.1, 0.15) is 0 Å². The van der Waals surface area contributed by atoms with E-state index in [0.29, 0.717) is 6.04 Å². The summed E-state index contributed by atoms with van der Waals surface area (Å²) in [6, 6.07) is 0.520. The van der Waals surface area contributed by atoms with Crippen molar-refractivity contribution in [1.82, 2.24) is 0 Å². The van der Waals surface area contributed by atoms with E-state index in [4.69, 9.17) is 5.73 Å². The molecule has 3 aliphatic carbocycles. The standard InChI is InChI=1S/C18H31NS/c19-15-11-10-14-13-8-4-5-9-16(13)20-18(14)17(15)12-6-2-1-3-7-12/h12-18H,1-11,19H2. The number of thioether (sulfide) groups is 1. The highest BCUT2D eigenvalue weighted by molar-refractivity contribution is 8.00. The Hall–Kier alpha value is 0.310. The van der Waals surface area contributed by atoms with Crippen molar-refractivity contribution in [2.75, 3.05) is 0 Å². The maximum Gasteiger partial charge on any atom is 0.0127 e. The molecule has 4 rings (SSSR count). The monoisotopic (exact) mass is 293 g/mol. The predicted molar refractivity (Wildman–Crippen MR) is 87.9 cm³/mol. The Morgan fingerprint density at radius 3 is 2.30 bits per heavy atom. The Bertz CT molecular complexity index is 338. The van der Waals surface area contributed by atoms with Gasteiger partial charge in [-0.1, -0.05) is 44.9 Å². The van der Waals surface area contributed by atoms with Crippen molar-refractivity contribution in [2.45, 2.75) is 87.2 Å². The molecular weight excluding hydrogens is 262 g/mol. The molecule has 0 spiro atoms. The fourth-order valence-corrected chi connectivity index (χ4v) is 8.43. The lowest BCUT2D eigenvalue weighted by Gasteiger charge is -2.44. The Morgan fingerprint density at radius 1 is 0.700 bits per heavy atom. The molecule has 6 atom stereocenters. The Kier molecular flexibility index (Phi) is 4.07. The molecule has 1 aliphatic heterocycles. The maximum absolute atomic E-state index is 6.64. The smallest absolute Gasteiger partial charge is 0.0127 e. The minimum atomic E-state index is 0.520. The van der Waals surface area contributed by atoms with Gasteiger partial charge in [-0.25, -0.2) is 0 Å². The maximum atomic E-state index is 6.64. The van der Waals surface area contributed by atoms with Gasteiger partial charge in [-0.2, -0.15) is 11.8 Å². The third-order valence-corrected chi connectivity index (χ3v) is 8.87. The summed E-state index contributed by atoms with van der Waals surface area (Å²) in [6.07, 6.45) is 16.2. The van der Waals surface area contributed by atoms with Gasteiger partial charge < -0.3 is 5.73 Å². The summed E-state index contributed by atoms with van der Waals surface area (Å²) in [5.74, 6) is 3.94. The summed E-state index contributed by atoms with van der Waals surface area (Å²) in [4.78, 5) is 0. The first-order valence-electron chi connectivity index (χ1n) is 9.25.